The summed E-state index contributed by atoms with van der Waals surface area (Å²) in [5.41, 5.74) is 0.804. The Morgan fingerprint density at radius 3 is 2.22 bits per heavy atom. The van der Waals surface area contributed by atoms with E-state index < -0.39 is 35.7 Å². The molecule has 0 aromatic heterocycles. The zero-order valence-corrected chi connectivity index (χ0v) is 12.8. The molecular weight excluding hydrogens is 298 g/mol. The van der Waals surface area contributed by atoms with E-state index in [-0.39, 0.29) is 6.42 Å². The molecule has 0 spiro atoms. The maximum absolute atomic E-state index is 12.4. The zero-order chi connectivity index (χ0) is 16.8. The van der Waals surface area contributed by atoms with Gasteiger partial charge in [0.05, 0.1) is 11.8 Å². The molecule has 1 aliphatic rings. The molecule has 6 nitrogen and oxygen atoms in total. The van der Waals surface area contributed by atoms with Crippen LogP contribution in [-0.2, 0) is 20.8 Å². The molecule has 1 aromatic rings. The van der Waals surface area contributed by atoms with E-state index in [9.17, 15) is 24.6 Å². The van der Waals surface area contributed by atoms with Crippen molar-refractivity contribution in [2.24, 2.45) is 11.8 Å². The van der Waals surface area contributed by atoms with Gasteiger partial charge in [-0.3, -0.25) is 9.59 Å². The molecule has 1 aliphatic carbocycles. The monoisotopic (exact) mass is 319 g/mol. The Morgan fingerprint density at radius 1 is 1.04 bits per heavy atom. The van der Waals surface area contributed by atoms with Gasteiger partial charge in [0.2, 0.25) is 5.91 Å². The van der Waals surface area contributed by atoms with Crippen molar-refractivity contribution in [2.45, 2.75) is 38.1 Å². The molecule has 0 aliphatic heterocycles. The summed E-state index contributed by atoms with van der Waals surface area (Å²) in [6, 6.07) is 7.97. The van der Waals surface area contributed by atoms with E-state index in [0.717, 1.165) is 18.4 Å². The summed E-state index contributed by atoms with van der Waals surface area (Å²) in [6.07, 6.45) is 2.70. The number of aliphatic carboxylic acids is 2. The molecular formula is C17H21NO5. The van der Waals surface area contributed by atoms with E-state index >= 15 is 0 Å². The predicted molar refractivity (Wildman–Crippen MR) is 82.8 cm³/mol. The van der Waals surface area contributed by atoms with Crippen molar-refractivity contribution in [1.82, 2.24) is 5.32 Å². The summed E-state index contributed by atoms with van der Waals surface area (Å²) in [4.78, 5) is 35.1. The molecule has 3 atom stereocenters. The Morgan fingerprint density at radius 2 is 1.65 bits per heavy atom. The predicted octanol–water partition coefficient (Wildman–Crippen LogP) is 1.69. The number of carbonyl (C=O) groups excluding carboxylic acids is 1. The van der Waals surface area contributed by atoms with Crippen LogP contribution in [0.1, 0.15) is 31.2 Å². The van der Waals surface area contributed by atoms with Gasteiger partial charge in [0.15, 0.2) is 0 Å². The highest BCUT2D eigenvalue weighted by Gasteiger charge is 2.37. The molecule has 2 rings (SSSR count). The zero-order valence-electron chi connectivity index (χ0n) is 12.8. The molecule has 6 heteroatoms. The largest absolute Gasteiger partial charge is 0.481 e. The van der Waals surface area contributed by atoms with Crippen LogP contribution < -0.4 is 5.32 Å². The minimum absolute atomic E-state index is 0.173. The van der Waals surface area contributed by atoms with E-state index in [4.69, 9.17) is 0 Å². The molecule has 0 saturated heterocycles. The number of amides is 1. The Kier molecular flexibility index (Phi) is 5.73. The molecule has 1 aromatic carbocycles. The lowest BCUT2D eigenvalue weighted by molar-refractivity contribution is -0.149. The van der Waals surface area contributed by atoms with Crippen LogP contribution in [0.4, 0.5) is 0 Å². The van der Waals surface area contributed by atoms with Crippen LogP contribution in [-0.4, -0.2) is 34.1 Å². The fourth-order valence-electron chi connectivity index (χ4n) is 3.07. The molecule has 0 heterocycles. The maximum atomic E-state index is 12.4. The summed E-state index contributed by atoms with van der Waals surface area (Å²) >= 11 is 0. The van der Waals surface area contributed by atoms with Gasteiger partial charge >= 0.3 is 11.9 Å². The molecule has 0 bridgehead atoms. The first-order chi connectivity index (χ1) is 11.0. The standard InChI is InChI=1S/C17H21NO5/c19-15(12-8-4-5-9-13(12)16(20)21)18-14(17(22)23)10-11-6-2-1-3-7-11/h1-3,6-7,12-14H,4-5,8-10H2,(H,18,19)(H,20,21)(H,22,23)/t12-,13-,14-/m0/s1. The molecule has 1 amide bonds. The lowest BCUT2D eigenvalue weighted by atomic mass is 9.78. The Bertz CT molecular complexity index is 572. The second-order valence-electron chi connectivity index (χ2n) is 5.92. The number of nitrogens with one attached hydrogen (secondary N) is 1. The molecule has 0 unspecified atom stereocenters. The molecule has 0 radical (unpaired) electrons. The topological polar surface area (TPSA) is 104 Å². The van der Waals surface area contributed by atoms with Crippen LogP contribution in [0.3, 0.4) is 0 Å². The molecule has 3 N–H and O–H groups in total. The van der Waals surface area contributed by atoms with Crippen LogP contribution in [0.25, 0.3) is 0 Å². The van der Waals surface area contributed by atoms with Crippen LogP contribution in [0.2, 0.25) is 0 Å². The molecule has 1 saturated carbocycles. The first-order valence-corrected chi connectivity index (χ1v) is 7.79. The van der Waals surface area contributed by atoms with Crippen molar-refractivity contribution in [2.75, 3.05) is 0 Å². The van der Waals surface area contributed by atoms with Crippen LogP contribution in [0.15, 0.2) is 30.3 Å². The number of rotatable bonds is 6. The normalized spacial score (nSPS) is 22.1. The third-order valence-electron chi connectivity index (χ3n) is 4.32. The smallest absolute Gasteiger partial charge is 0.326 e. The average Bonchev–Trinajstić information content (AvgIpc) is 2.55. The quantitative estimate of drug-likeness (QED) is 0.740. The summed E-state index contributed by atoms with van der Waals surface area (Å²) in [5.74, 6) is -3.96. The first-order valence-electron chi connectivity index (χ1n) is 7.79. The third kappa shape index (κ3) is 4.55. The van der Waals surface area contributed by atoms with Gasteiger partial charge in [-0.25, -0.2) is 4.79 Å². The number of carbonyl (C=O) groups is 3. The van der Waals surface area contributed by atoms with Gasteiger partial charge in [0, 0.05) is 6.42 Å². The van der Waals surface area contributed by atoms with Crippen molar-refractivity contribution in [3.8, 4) is 0 Å². The van der Waals surface area contributed by atoms with Crippen molar-refractivity contribution in [1.29, 1.82) is 0 Å². The number of hydrogen-bond acceptors (Lipinski definition) is 3. The number of hydrogen-bond donors (Lipinski definition) is 3. The number of carboxylic acid groups (broad SMARTS) is 2. The Labute approximate surface area is 134 Å². The second-order valence-corrected chi connectivity index (χ2v) is 5.92. The summed E-state index contributed by atoms with van der Waals surface area (Å²) in [5, 5.41) is 21.1. The van der Waals surface area contributed by atoms with Gasteiger partial charge in [-0.15, -0.1) is 0 Å². The van der Waals surface area contributed by atoms with E-state index in [1.807, 2.05) is 6.07 Å². The first kappa shape index (κ1) is 17.0. The van der Waals surface area contributed by atoms with Gasteiger partial charge in [0.25, 0.3) is 0 Å². The van der Waals surface area contributed by atoms with E-state index in [2.05, 4.69) is 5.32 Å². The van der Waals surface area contributed by atoms with Gasteiger partial charge < -0.3 is 15.5 Å². The van der Waals surface area contributed by atoms with Gasteiger partial charge in [-0.05, 0) is 18.4 Å². The van der Waals surface area contributed by atoms with Crippen LogP contribution in [0.5, 0.6) is 0 Å². The molecule has 23 heavy (non-hydrogen) atoms. The van der Waals surface area contributed by atoms with Crippen molar-refractivity contribution in [3.05, 3.63) is 35.9 Å². The average molecular weight is 319 g/mol. The lowest BCUT2D eigenvalue weighted by Crippen LogP contribution is -2.48. The molecule has 1 fully saturated rings. The van der Waals surface area contributed by atoms with E-state index in [1.165, 1.54) is 0 Å². The lowest BCUT2D eigenvalue weighted by Gasteiger charge is -2.28. The minimum Gasteiger partial charge on any atom is -0.481 e. The SMILES string of the molecule is O=C(O)[C@H](Cc1ccccc1)NC(=O)[C@H]1CCCC[C@@H]1C(=O)O. The molecule has 124 valence electrons. The van der Waals surface area contributed by atoms with Gasteiger partial charge in [-0.1, -0.05) is 43.2 Å². The van der Waals surface area contributed by atoms with Crippen molar-refractivity contribution in [3.63, 3.8) is 0 Å². The number of carboxylic acids is 2. The minimum atomic E-state index is -1.12. The summed E-state index contributed by atoms with van der Waals surface area (Å²) in [6.45, 7) is 0. The van der Waals surface area contributed by atoms with Crippen LogP contribution in [0, 0.1) is 11.8 Å². The van der Waals surface area contributed by atoms with E-state index in [0.29, 0.717) is 12.8 Å². The van der Waals surface area contributed by atoms with Crippen LogP contribution >= 0.6 is 0 Å². The summed E-state index contributed by atoms with van der Waals surface area (Å²) < 4.78 is 0. The van der Waals surface area contributed by atoms with Gasteiger partial charge in [-0.2, -0.15) is 0 Å². The fourth-order valence-corrected chi connectivity index (χ4v) is 3.07. The third-order valence-corrected chi connectivity index (χ3v) is 4.32. The maximum Gasteiger partial charge on any atom is 0.326 e. The van der Waals surface area contributed by atoms with Crippen molar-refractivity contribution >= 4 is 17.8 Å². The highest BCUT2D eigenvalue weighted by molar-refractivity contribution is 5.88. The summed E-state index contributed by atoms with van der Waals surface area (Å²) in [7, 11) is 0. The number of benzene rings is 1. The highest BCUT2D eigenvalue weighted by Crippen LogP contribution is 2.30. The second kappa shape index (κ2) is 7.76. The fraction of sp³-hybridized carbons (Fsp3) is 0.471. The van der Waals surface area contributed by atoms with Gasteiger partial charge in [0.1, 0.15) is 6.04 Å². The Hall–Kier alpha value is -2.37. The van der Waals surface area contributed by atoms with E-state index in [1.54, 1.807) is 24.3 Å². The highest BCUT2D eigenvalue weighted by atomic mass is 16.4. The van der Waals surface area contributed by atoms with Crippen molar-refractivity contribution < 1.29 is 24.6 Å². The Balaban J connectivity index is 2.05.